The Morgan fingerprint density at radius 1 is 1.40 bits per heavy atom. The monoisotopic (exact) mass is 366 g/mol. The molecule has 7 nitrogen and oxygen atoms in total. The van der Waals surface area contributed by atoms with E-state index >= 15 is 0 Å². The lowest BCUT2D eigenvalue weighted by Gasteiger charge is -2.30. The van der Waals surface area contributed by atoms with E-state index in [1.165, 1.54) is 35.0 Å². The first-order chi connectivity index (χ1) is 11.9. The van der Waals surface area contributed by atoms with Gasteiger partial charge in [0.05, 0.1) is 12.2 Å². The Hall–Kier alpha value is -2.26. The number of imidazole rings is 1. The van der Waals surface area contributed by atoms with Crippen LogP contribution < -0.4 is 5.32 Å². The van der Waals surface area contributed by atoms with Gasteiger partial charge >= 0.3 is 0 Å². The number of aromatic nitrogens is 2. The standard InChI is InChI=1S/C16H19FN4O3S/c1-20-10-15(18-11-20)25(23,24)21-7-3-4-12(9-21)16(22)19-14-6-2-5-13(17)8-14/h2,5-6,8,10-12H,3-4,7,9H2,1H3,(H,19,22)/t12-/m1/s1. The Bertz CT molecular complexity index is 881. The smallest absolute Gasteiger partial charge is 0.262 e. The molecule has 1 fully saturated rings. The third kappa shape index (κ3) is 3.88. The van der Waals surface area contributed by atoms with E-state index in [4.69, 9.17) is 0 Å². The van der Waals surface area contributed by atoms with E-state index in [0.717, 1.165) is 0 Å². The maximum atomic E-state index is 13.2. The molecule has 25 heavy (non-hydrogen) atoms. The zero-order valence-electron chi connectivity index (χ0n) is 13.7. The Labute approximate surface area is 145 Å². The molecule has 3 rings (SSSR count). The maximum Gasteiger partial charge on any atom is 0.262 e. The van der Waals surface area contributed by atoms with Crippen LogP contribution >= 0.6 is 0 Å². The molecule has 0 spiro atoms. The van der Waals surface area contributed by atoms with Crippen LogP contribution in [-0.2, 0) is 21.9 Å². The summed E-state index contributed by atoms with van der Waals surface area (Å²) in [6.45, 7) is 0.433. The van der Waals surface area contributed by atoms with Crippen molar-refractivity contribution in [3.63, 3.8) is 0 Å². The number of anilines is 1. The fraction of sp³-hybridized carbons (Fsp3) is 0.375. The number of piperidine rings is 1. The van der Waals surface area contributed by atoms with Crippen molar-refractivity contribution in [2.24, 2.45) is 13.0 Å². The molecule has 2 aromatic rings. The van der Waals surface area contributed by atoms with Crippen molar-refractivity contribution in [2.75, 3.05) is 18.4 Å². The lowest BCUT2D eigenvalue weighted by atomic mass is 9.99. The van der Waals surface area contributed by atoms with Crippen LogP contribution in [0.4, 0.5) is 10.1 Å². The molecule has 0 radical (unpaired) electrons. The number of hydrogen-bond acceptors (Lipinski definition) is 4. The summed E-state index contributed by atoms with van der Waals surface area (Å²) in [6, 6.07) is 5.61. The molecule has 0 aliphatic carbocycles. The molecule has 1 aromatic heterocycles. The summed E-state index contributed by atoms with van der Waals surface area (Å²) in [5.41, 5.74) is 0.356. The maximum absolute atomic E-state index is 13.2. The topological polar surface area (TPSA) is 84.3 Å². The molecule has 0 saturated carbocycles. The van der Waals surface area contributed by atoms with Crippen molar-refractivity contribution in [2.45, 2.75) is 17.9 Å². The molecule has 9 heteroatoms. The third-order valence-electron chi connectivity index (χ3n) is 4.13. The number of nitrogens with zero attached hydrogens (tertiary/aromatic N) is 3. The molecule has 134 valence electrons. The van der Waals surface area contributed by atoms with Gasteiger partial charge in [0.15, 0.2) is 5.03 Å². The average Bonchev–Trinajstić information content (AvgIpc) is 3.02. The van der Waals surface area contributed by atoms with Crippen molar-refractivity contribution < 1.29 is 17.6 Å². The van der Waals surface area contributed by atoms with E-state index < -0.39 is 21.8 Å². The number of nitrogens with one attached hydrogen (secondary N) is 1. The van der Waals surface area contributed by atoms with Gasteiger partial charge in [-0.15, -0.1) is 0 Å². The van der Waals surface area contributed by atoms with Crippen molar-refractivity contribution in [1.82, 2.24) is 13.9 Å². The summed E-state index contributed by atoms with van der Waals surface area (Å²) in [5.74, 6) is -1.25. The number of rotatable bonds is 4. The number of hydrogen-bond donors (Lipinski definition) is 1. The summed E-state index contributed by atoms with van der Waals surface area (Å²) in [7, 11) is -2.03. The van der Waals surface area contributed by atoms with Gasteiger partial charge in [0.25, 0.3) is 10.0 Å². The first kappa shape index (κ1) is 17.6. The van der Waals surface area contributed by atoms with Crippen LogP contribution in [0.15, 0.2) is 41.8 Å². The number of halogens is 1. The van der Waals surface area contributed by atoms with Crippen LogP contribution in [0.1, 0.15) is 12.8 Å². The fourth-order valence-electron chi connectivity index (χ4n) is 2.84. The molecule has 1 aliphatic rings. The average molecular weight is 366 g/mol. The van der Waals surface area contributed by atoms with Crippen LogP contribution in [0.2, 0.25) is 0 Å². The van der Waals surface area contributed by atoms with Crippen molar-refractivity contribution in [3.8, 4) is 0 Å². The van der Waals surface area contributed by atoms with Crippen LogP contribution in [-0.4, -0.2) is 41.3 Å². The minimum absolute atomic E-state index is 0.0267. The first-order valence-corrected chi connectivity index (χ1v) is 9.35. The third-order valence-corrected chi connectivity index (χ3v) is 5.88. The van der Waals surface area contributed by atoms with Crippen LogP contribution in [0, 0.1) is 11.7 Å². The van der Waals surface area contributed by atoms with E-state index in [-0.39, 0.29) is 17.5 Å². The molecule has 2 heterocycles. The van der Waals surface area contributed by atoms with Gasteiger partial charge in [-0.2, -0.15) is 4.31 Å². The van der Waals surface area contributed by atoms with Gasteiger partial charge in [0.2, 0.25) is 5.91 Å². The first-order valence-electron chi connectivity index (χ1n) is 7.91. The highest BCUT2D eigenvalue weighted by Crippen LogP contribution is 2.24. The summed E-state index contributed by atoms with van der Waals surface area (Å²) < 4.78 is 41.3. The Morgan fingerprint density at radius 2 is 2.20 bits per heavy atom. The van der Waals surface area contributed by atoms with Gasteiger partial charge in [0, 0.05) is 32.0 Å². The molecule has 1 aromatic carbocycles. The van der Waals surface area contributed by atoms with Gasteiger partial charge in [-0.3, -0.25) is 4.79 Å². The lowest BCUT2D eigenvalue weighted by molar-refractivity contribution is -0.120. The normalized spacial score (nSPS) is 18.9. The van der Waals surface area contributed by atoms with Crippen molar-refractivity contribution >= 4 is 21.6 Å². The summed E-state index contributed by atoms with van der Waals surface area (Å²) in [4.78, 5) is 16.3. The number of carbonyl (C=O) groups excluding carboxylic acids is 1. The highest BCUT2D eigenvalue weighted by molar-refractivity contribution is 7.89. The van der Waals surface area contributed by atoms with Gasteiger partial charge in [-0.25, -0.2) is 17.8 Å². The molecule has 1 aliphatic heterocycles. The number of amides is 1. The molecule has 1 atom stereocenters. The highest BCUT2D eigenvalue weighted by atomic mass is 32.2. The summed E-state index contributed by atoms with van der Waals surface area (Å²) >= 11 is 0. The van der Waals surface area contributed by atoms with Crippen LogP contribution in [0.3, 0.4) is 0 Å². The lowest BCUT2D eigenvalue weighted by Crippen LogP contribution is -2.43. The Morgan fingerprint density at radius 3 is 2.88 bits per heavy atom. The number of sulfonamides is 1. The molecular formula is C16H19FN4O3S. The minimum atomic E-state index is -3.73. The van der Waals surface area contributed by atoms with Crippen LogP contribution in [0.5, 0.6) is 0 Å². The fourth-order valence-corrected chi connectivity index (χ4v) is 4.33. The number of carbonyl (C=O) groups is 1. The molecule has 1 amide bonds. The summed E-state index contributed by atoms with van der Waals surface area (Å²) in [5, 5.41) is 2.62. The second kappa shape index (κ2) is 6.93. The molecule has 0 unspecified atom stereocenters. The van der Waals surface area contributed by atoms with Crippen molar-refractivity contribution in [1.29, 1.82) is 0 Å². The van der Waals surface area contributed by atoms with E-state index in [1.807, 2.05) is 0 Å². The van der Waals surface area contributed by atoms with Gasteiger partial charge in [0.1, 0.15) is 5.82 Å². The van der Waals surface area contributed by atoms with Crippen LogP contribution in [0.25, 0.3) is 0 Å². The second-order valence-corrected chi connectivity index (χ2v) is 7.96. The molecular weight excluding hydrogens is 347 g/mol. The largest absolute Gasteiger partial charge is 0.339 e. The Kier molecular flexibility index (Phi) is 4.87. The van der Waals surface area contributed by atoms with Crippen molar-refractivity contribution in [3.05, 3.63) is 42.6 Å². The Balaban J connectivity index is 1.71. The minimum Gasteiger partial charge on any atom is -0.339 e. The van der Waals surface area contributed by atoms with E-state index in [0.29, 0.717) is 25.1 Å². The quantitative estimate of drug-likeness (QED) is 0.891. The second-order valence-electron chi connectivity index (χ2n) is 6.08. The zero-order valence-corrected chi connectivity index (χ0v) is 14.5. The molecule has 1 saturated heterocycles. The highest BCUT2D eigenvalue weighted by Gasteiger charge is 2.34. The SMILES string of the molecule is Cn1cnc(S(=O)(=O)N2CCC[C@@H](C(=O)Nc3cccc(F)c3)C2)c1. The molecule has 0 bridgehead atoms. The van der Waals surface area contributed by atoms with Gasteiger partial charge in [-0.1, -0.05) is 6.07 Å². The predicted molar refractivity (Wildman–Crippen MR) is 89.7 cm³/mol. The molecule has 1 N–H and O–H groups in total. The van der Waals surface area contributed by atoms with E-state index in [1.54, 1.807) is 17.7 Å². The number of aryl methyl sites for hydroxylation is 1. The van der Waals surface area contributed by atoms with E-state index in [2.05, 4.69) is 10.3 Å². The van der Waals surface area contributed by atoms with E-state index in [9.17, 15) is 17.6 Å². The zero-order chi connectivity index (χ0) is 18.0. The predicted octanol–water partition coefficient (Wildman–Crippen LogP) is 1.60. The van der Waals surface area contributed by atoms with Gasteiger partial charge in [-0.05, 0) is 31.0 Å². The number of benzene rings is 1. The van der Waals surface area contributed by atoms with Gasteiger partial charge < -0.3 is 9.88 Å². The summed E-state index contributed by atoms with van der Waals surface area (Å²) in [6.07, 6.45) is 4.01.